The summed E-state index contributed by atoms with van der Waals surface area (Å²) in [7, 11) is 0. The molecule has 0 atom stereocenters. The highest BCUT2D eigenvalue weighted by atomic mass is 16.4. The predicted molar refractivity (Wildman–Crippen MR) is 170 cm³/mol. The Morgan fingerprint density at radius 2 is 1.02 bits per heavy atom. The number of nitrogen functional groups attached to an aromatic ring is 1. The van der Waals surface area contributed by atoms with Crippen molar-refractivity contribution in [2.75, 3.05) is 24.1 Å². The third-order valence-electron chi connectivity index (χ3n) is 5.36. The van der Waals surface area contributed by atoms with Crippen LogP contribution in [0.25, 0.3) is 0 Å². The molecule has 0 aliphatic rings. The molecule has 3 amide bonds. The number of hydrogen-bond acceptors (Lipinski definition) is 7. The number of para-hydroxylation sites is 2. The van der Waals surface area contributed by atoms with Crippen molar-refractivity contribution in [1.82, 2.24) is 10.6 Å². The van der Waals surface area contributed by atoms with Crippen LogP contribution in [0.4, 0.5) is 11.4 Å². The number of carboxylic acids is 3. The third kappa shape index (κ3) is 28.4. The number of rotatable bonds is 17. The summed E-state index contributed by atoms with van der Waals surface area (Å²) in [5.74, 6) is -4.06. The van der Waals surface area contributed by atoms with Gasteiger partial charge in [-0.1, -0.05) is 49.2 Å². The first-order valence-electron chi connectivity index (χ1n) is 14.2. The lowest BCUT2D eigenvalue weighted by atomic mass is 10.2. The number of unbranched alkanes of at least 4 members (excludes halogenated alkanes) is 4. The van der Waals surface area contributed by atoms with Crippen LogP contribution in [0.2, 0.25) is 0 Å². The summed E-state index contributed by atoms with van der Waals surface area (Å²) in [6.07, 6.45) is 8.31. The van der Waals surface area contributed by atoms with Gasteiger partial charge in [0, 0.05) is 61.6 Å². The topological polar surface area (TPSA) is 225 Å². The predicted octanol–water partition coefficient (Wildman–Crippen LogP) is 3.60. The number of benzene rings is 2. The van der Waals surface area contributed by atoms with E-state index in [1.54, 1.807) is 0 Å². The van der Waals surface area contributed by atoms with Gasteiger partial charge >= 0.3 is 17.9 Å². The van der Waals surface area contributed by atoms with Crippen LogP contribution in [0, 0.1) is 0 Å². The van der Waals surface area contributed by atoms with Gasteiger partial charge in [-0.15, -0.1) is 0 Å². The fraction of sp³-hybridized carbons (Fsp3) is 0.312. The normalized spacial score (nSPS) is 10.0. The molecule has 0 saturated heterocycles. The van der Waals surface area contributed by atoms with Crippen molar-refractivity contribution < 1.29 is 44.1 Å². The number of carbonyl (C=O) groups excluding carboxylic acids is 3. The highest BCUT2D eigenvalue weighted by molar-refractivity contribution is 5.94. The molecule has 2 aromatic carbocycles. The molecule has 0 fully saturated rings. The lowest BCUT2D eigenvalue weighted by Crippen LogP contribution is -2.22. The zero-order chi connectivity index (χ0) is 33.7. The maximum atomic E-state index is 11.7. The van der Waals surface area contributed by atoms with E-state index in [4.69, 9.17) is 21.1 Å². The number of nitrogens with one attached hydrogen (secondary N) is 3. The summed E-state index contributed by atoms with van der Waals surface area (Å²) in [5, 5.41) is 32.8. The van der Waals surface area contributed by atoms with Crippen LogP contribution >= 0.6 is 0 Å². The van der Waals surface area contributed by atoms with Gasteiger partial charge in [0.2, 0.25) is 17.7 Å². The van der Waals surface area contributed by atoms with Gasteiger partial charge in [-0.25, -0.2) is 9.59 Å². The molecule has 0 aliphatic heterocycles. The van der Waals surface area contributed by atoms with Gasteiger partial charge in [-0.05, 0) is 49.9 Å². The lowest BCUT2D eigenvalue weighted by molar-refractivity contribution is -0.137. The van der Waals surface area contributed by atoms with Crippen molar-refractivity contribution in [2.45, 2.75) is 51.4 Å². The summed E-state index contributed by atoms with van der Waals surface area (Å²) in [6, 6.07) is 18.8. The minimum atomic E-state index is -1.17. The second-order valence-corrected chi connectivity index (χ2v) is 9.27. The van der Waals surface area contributed by atoms with Gasteiger partial charge in [0.1, 0.15) is 0 Å². The summed E-state index contributed by atoms with van der Waals surface area (Å²) in [6.45, 7) is 0.880. The molecule has 0 unspecified atom stereocenters. The molecule has 13 nitrogen and oxygen atoms in total. The number of hydrogen-bond donors (Lipinski definition) is 7. The Balaban J connectivity index is 0.000000730. The Morgan fingerprint density at radius 1 is 0.578 bits per heavy atom. The van der Waals surface area contributed by atoms with Crippen LogP contribution in [0.3, 0.4) is 0 Å². The average molecular weight is 627 g/mol. The Kier molecular flexibility index (Phi) is 23.0. The van der Waals surface area contributed by atoms with Crippen molar-refractivity contribution in [3.63, 3.8) is 0 Å². The first kappa shape index (κ1) is 39.5. The first-order valence-corrected chi connectivity index (χ1v) is 14.2. The molecule has 0 saturated carbocycles. The first-order chi connectivity index (χ1) is 21.5. The molecule has 2 aromatic rings. The molecule has 45 heavy (non-hydrogen) atoms. The summed E-state index contributed by atoms with van der Waals surface area (Å²) in [5.41, 5.74) is 6.96. The van der Waals surface area contributed by atoms with Crippen molar-refractivity contribution >= 4 is 47.0 Å². The van der Waals surface area contributed by atoms with Gasteiger partial charge < -0.3 is 37.0 Å². The van der Waals surface area contributed by atoms with Gasteiger partial charge in [0.05, 0.1) is 0 Å². The largest absolute Gasteiger partial charge is 0.481 e. The number of amides is 3. The van der Waals surface area contributed by atoms with Crippen molar-refractivity contribution in [2.24, 2.45) is 0 Å². The summed E-state index contributed by atoms with van der Waals surface area (Å²) in [4.78, 5) is 64.2. The van der Waals surface area contributed by atoms with E-state index in [1.165, 1.54) is 0 Å². The molecule has 2 rings (SSSR count). The van der Waals surface area contributed by atoms with Gasteiger partial charge in [0.15, 0.2) is 0 Å². The van der Waals surface area contributed by atoms with Crippen LogP contribution in [-0.4, -0.2) is 64.0 Å². The molecule has 0 radical (unpaired) electrons. The minimum absolute atomic E-state index is 0.0281. The standard InChI is InChI=1S/C16H20N2O4.C10H15NO5.C6H7N/c19-14(10-11-16(21)22)17-12-6-2-5-9-15(20)18-13-7-3-1-4-8-13;12-8(5-6-10(15)16)11-7-3-1-2-4-9(13)14;7-6-4-2-1-3-5-6/h1,3-4,7-8,10-11H,2,5-6,9,12H2,(H,17,19)(H,18,20)(H,21,22);5-6H,1-4,7H2,(H,11,12)(H,13,14)(H,15,16);1-5H,7H2/b11-10-;6-5-;. The molecule has 0 aliphatic carbocycles. The molecular weight excluding hydrogens is 584 g/mol. The summed E-state index contributed by atoms with van der Waals surface area (Å²) >= 11 is 0. The lowest BCUT2D eigenvalue weighted by Gasteiger charge is -2.05. The Labute approximate surface area is 262 Å². The van der Waals surface area contributed by atoms with Crippen molar-refractivity contribution in [1.29, 1.82) is 0 Å². The zero-order valence-electron chi connectivity index (χ0n) is 25.0. The van der Waals surface area contributed by atoms with Crippen molar-refractivity contribution in [3.05, 3.63) is 85.0 Å². The van der Waals surface area contributed by atoms with E-state index >= 15 is 0 Å². The van der Waals surface area contributed by atoms with E-state index in [0.717, 1.165) is 61.4 Å². The smallest absolute Gasteiger partial charge is 0.328 e. The SMILES string of the molecule is Nc1ccccc1.O=C(O)/C=C\C(=O)NCCCCCC(=O)Nc1ccccc1.O=C(O)/C=C\C(=O)NCCCCCC(=O)O. The Morgan fingerprint density at radius 3 is 1.42 bits per heavy atom. The fourth-order valence-electron chi connectivity index (χ4n) is 3.20. The Hall–Kier alpha value is -5.46. The van der Waals surface area contributed by atoms with Crippen LogP contribution in [0.1, 0.15) is 51.4 Å². The summed E-state index contributed by atoms with van der Waals surface area (Å²) < 4.78 is 0. The molecule has 8 N–H and O–H groups in total. The monoisotopic (exact) mass is 626 g/mol. The molecule has 0 spiro atoms. The van der Waals surface area contributed by atoms with E-state index in [1.807, 2.05) is 60.7 Å². The number of anilines is 2. The minimum Gasteiger partial charge on any atom is -0.481 e. The van der Waals surface area contributed by atoms with Gasteiger partial charge in [-0.3, -0.25) is 19.2 Å². The number of carbonyl (C=O) groups is 6. The third-order valence-corrected chi connectivity index (χ3v) is 5.36. The maximum Gasteiger partial charge on any atom is 0.328 e. The van der Waals surface area contributed by atoms with Gasteiger partial charge in [0.25, 0.3) is 0 Å². The molecule has 0 heterocycles. The molecule has 0 aromatic heterocycles. The zero-order valence-corrected chi connectivity index (χ0v) is 25.0. The Bertz CT molecular complexity index is 1230. The average Bonchev–Trinajstić information content (AvgIpc) is 3.00. The van der Waals surface area contributed by atoms with Crippen molar-refractivity contribution in [3.8, 4) is 0 Å². The van der Waals surface area contributed by atoms with E-state index < -0.39 is 29.7 Å². The second-order valence-electron chi connectivity index (χ2n) is 9.27. The van der Waals surface area contributed by atoms with Crippen LogP contribution in [0.15, 0.2) is 85.0 Å². The van der Waals surface area contributed by atoms with Crippen LogP contribution in [-0.2, 0) is 28.8 Å². The second kappa shape index (κ2) is 26.2. The number of nitrogens with two attached hydrogens (primary N) is 1. The fourth-order valence-corrected chi connectivity index (χ4v) is 3.20. The highest BCUT2D eigenvalue weighted by Crippen LogP contribution is 2.07. The quantitative estimate of drug-likeness (QED) is 0.0767. The van der Waals surface area contributed by atoms with E-state index in [0.29, 0.717) is 32.4 Å². The highest BCUT2D eigenvalue weighted by Gasteiger charge is 2.02. The van der Waals surface area contributed by atoms with E-state index in [2.05, 4.69) is 16.0 Å². The molecular formula is C32H42N4O9. The number of aliphatic carboxylic acids is 3. The van der Waals surface area contributed by atoms with Gasteiger partial charge in [-0.2, -0.15) is 0 Å². The molecule has 0 bridgehead atoms. The van der Waals surface area contributed by atoms with Crippen LogP contribution in [0.5, 0.6) is 0 Å². The number of carboxylic acid groups (broad SMARTS) is 3. The maximum absolute atomic E-state index is 11.7. The van der Waals surface area contributed by atoms with Crippen LogP contribution < -0.4 is 21.7 Å². The molecule has 244 valence electrons. The van der Waals surface area contributed by atoms with E-state index in [-0.39, 0.29) is 12.3 Å². The van der Waals surface area contributed by atoms with E-state index in [9.17, 15) is 28.8 Å². The molecule has 13 heteroatoms.